The monoisotopic (exact) mass is 293 g/mol. The minimum absolute atomic E-state index is 0.122. The lowest BCUT2D eigenvalue weighted by molar-refractivity contribution is -0.114. The Morgan fingerprint density at radius 3 is 2.68 bits per heavy atom. The van der Waals surface area contributed by atoms with Gasteiger partial charge in [0.1, 0.15) is 5.82 Å². The second kappa shape index (κ2) is 5.44. The number of nitrogens with zero attached hydrogens (tertiary/aromatic N) is 2. The van der Waals surface area contributed by atoms with Crippen LogP contribution < -0.4 is 10.9 Å². The molecule has 0 unspecified atom stereocenters. The van der Waals surface area contributed by atoms with Gasteiger partial charge in [0.2, 0.25) is 5.91 Å². The zero-order chi connectivity index (χ0) is 15.7. The molecule has 1 heterocycles. The zero-order valence-electron chi connectivity index (χ0n) is 12.3. The van der Waals surface area contributed by atoms with Crippen LogP contribution in [-0.2, 0) is 4.79 Å². The number of aromatic nitrogens is 2. The predicted molar refractivity (Wildman–Crippen MR) is 86.4 cm³/mol. The molecule has 5 nitrogen and oxygen atoms in total. The fourth-order valence-corrected chi connectivity index (χ4v) is 2.47. The Kier molecular flexibility index (Phi) is 3.47. The van der Waals surface area contributed by atoms with E-state index >= 15 is 0 Å². The lowest BCUT2D eigenvalue weighted by Crippen LogP contribution is -2.22. The second-order valence-electron chi connectivity index (χ2n) is 5.05. The molecule has 3 aromatic rings. The lowest BCUT2D eigenvalue weighted by Gasteiger charge is -2.12. The van der Waals surface area contributed by atoms with Gasteiger partial charge in [-0.2, -0.15) is 0 Å². The van der Waals surface area contributed by atoms with Crippen LogP contribution >= 0.6 is 0 Å². The van der Waals surface area contributed by atoms with Crippen LogP contribution in [0.15, 0.2) is 53.3 Å². The summed E-state index contributed by atoms with van der Waals surface area (Å²) in [5.41, 5.74) is 1.87. The van der Waals surface area contributed by atoms with Gasteiger partial charge in [-0.3, -0.25) is 14.2 Å². The first-order valence-electron chi connectivity index (χ1n) is 6.92. The fraction of sp³-hybridized carbons (Fsp3) is 0.118. The van der Waals surface area contributed by atoms with Gasteiger partial charge < -0.3 is 5.32 Å². The summed E-state index contributed by atoms with van der Waals surface area (Å²) >= 11 is 0. The fourth-order valence-electron chi connectivity index (χ4n) is 2.47. The van der Waals surface area contributed by atoms with Crippen molar-refractivity contribution in [3.8, 4) is 5.69 Å². The van der Waals surface area contributed by atoms with Crippen molar-refractivity contribution in [3.05, 3.63) is 64.7 Å². The van der Waals surface area contributed by atoms with Gasteiger partial charge in [-0.25, -0.2) is 4.98 Å². The van der Waals surface area contributed by atoms with E-state index in [1.54, 1.807) is 35.8 Å². The maximum Gasteiger partial charge on any atom is 0.265 e. The molecule has 0 saturated carbocycles. The van der Waals surface area contributed by atoms with E-state index in [1.807, 2.05) is 24.3 Å². The number of anilines is 1. The van der Waals surface area contributed by atoms with Crippen molar-refractivity contribution in [1.29, 1.82) is 0 Å². The SMILES string of the molecule is CC(=O)Nc1cccc(-n2c(C)nc3ccccc3c2=O)c1. The molecule has 2 aromatic carbocycles. The highest BCUT2D eigenvalue weighted by molar-refractivity contribution is 5.89. The lowest BCUT2D eigenvalue weighted by atomic mass is 10.2. The number of aryl methyl sites for hydroxylation is 1. The minimum Gasteiger partial charge on any atom is -0.326 e. The summed E-state index contributed by atoms with van der Waals surface area (Å²) in [6.45, 7) is 3.24. The van der Waals surface area contributed by atoms with Crippen LogP contribution in [0.3, 0.4) is 0 Å². The number of benzene rings is 2. The van der Waals surface area contributed by atoms with E-state index in [0.29, 0.717) is 28.1 Å². The third-order valence-corrected chi connectivity index (χ3v) is 3.37. The molecular weight excluding hydrogens is 278 g/mol. The molecule has 1 aromatic heterocycles. The van der Waals surface area contributed by atoms with E-state index in [-0.39, 0.29) is 11.5 Å². The molecule has 110 valence electrons. The van der Waals surface area contributed by atoms with Gasteiger partial charge in [0, 0.05) is 12.6 Å². The summed E-state index contributed by atoms with van der Waals surface area (Å²) in [5.74, 6) is 0.446. The topological polar surface area (TPSA) is 64.0 Å². The van der Waals surface area contributed by atoms with Crippen LogP contribution in [0.2, 0.25) is 0 Å². The van der Waals surface area contributed by atoms with E-state index in [9.17, 15) is 9.59 Å². The smallest absolute Gasteiger partial charge is 0.265 e. The Bertz CT molecular complexity index is 929. The van der Waals surface area contributed by atoms with Gasteiger partial charge in [-0.05, 0) is 37.3 Å². The molecule has 1 N–H and O–H groups in total. The Balaban J connectivity index is 2.22. The van der Waals surface area contributed by atoms with Crippen LogP contribution in [-0.4, -0.2) is 15.5 Å². The summed E-state index contributed by atoms with van der Waals surface area (Å²) < 4.78 is 1.55. The average Bonchev–Trinajstić information content (AvgIpc) is 2.47. The van der Waals surface area contributed by atoms with Crippen molar-refractivity contribution in [3.63, 3.8) is 0 Å². The first-order valence-corrected chi connectivity index (χ1v) is 6.92. The number of para-hydroxylation sites is 1. The molecule has 3 rings (SSSR count). The Morgan fingerprint density at radius 1 is 1.14 bits per heavy atom. The number of carbonyl (C=O) groups excluding carboxylic acids is 1. The van der Waals surface area contributed by atoms with Gasteiger partial charge >= 0.3 is 0 Å². The number of nitrogens with one attached hydrogen (secondary N) is 1. The molecule has 0 aliphatic carbocycles. The Hall–Kier alpha value is -2.95. The number of amides is 1. The standard InChI is InChI=1S/C17H15N3O2/c1-11-18-16-9-4-3-8-15(16)17(22)20(11)14-7-5-6-13(10-14)19-12(2)21/h3-10H,1-2H3,(H,19,21). The molecule has 0 atom stereocenters. The molecule has 5 heteroatoms. The van der Waals surface area contributed by atoms with Gasteiger partial charge in [0.25, 0.3) is 5.56 Å². The van der Waals surface area contributed by atoms with Crippen LogP contribution in [0.1, 0.15) is 12.7 Å². The number of rotatable bonds is 2. The summed E-state index contributed by atoms with van der Waals surface area (Å²) in [6.07, 6.45) is 0. The number of hydrogen-bond acceptors (Lipinski definition) is 3. The average molecular weight is 293 g/mol. The normalized spacial score (nSPS) is 10.6. The molecule has 0 spiro atoms. The maximum absolute atomic E-state index is 12.7. The second-order valence-corrected chi connectivity index (χ2v) is 5.05. The Labute approximate surface area is 127 Å². The Morgan fingerprint density at radius 2 is 1.91 bits per heavy atom. The number of hydrogen-bond donors (Lipinski definition) is 1. The van der Waals surface area contributed by atoms with E-state index < -0.39 is 0 Å². The van der Waals surface area contributed by atoms with Crippen molar-refractivity contribution in [1.82, 2.24) is 9.55 Å². The third kappa shape index (κ3) is 2.48. The number of carbonyl (C=O) groups is 1. The minimum atomic E-state index is -0.155. The molecule has 0 radical (unpaired) electrons. The molecule has 0 fully saturated rings. The first kappa shape index (κ1) is 14.0. The van der Waals surface area contributed by atoms with Crippen molar-refractivity contribution in [2.75, 3.05) is 5.32 Å². The molecular formula is C17H15N3O2. The van der Waals surface area contributed by atoms with Crippen molar-refractivity contribution in [2.24, 2.45) is 0 Å². The molecule has 0 aliphatic rings. The third-order valence-electron chi connectivity index (χ3n) is 3.37. The molecule has 22 heavy (non-hydrogen) atoms. The van der Waals surface area contributed by atoms with E-state index in [4.69, 9.17) is 0 Å². The van der Waals surface area contributed by atoms with E-state index in [1.165, 1.54) is 6.92 Å². The van der Waals surface area contributed by atoms with Crippen molar-refractivity contribution >= 4 is 22.5 Å². The van der Waals surface area contributed by atoms with Crippen LogP contribution in [0.25, 0.3) is 16.6 Å². The molecule has 0 aliphatic heterocycles. The van der Waals surface area contributed by atoms with Gasteiger partial charge in [-0.15, -0.1) is 0 Å². The van der Waals surface area contributed by atoms with Crippen LogP contribution in [0.4, 0.5) is 5.69 Å². The summed E-state index contributed by atoms with van der Waals surface area (Å²) in [7, 11) is 0. The highest BCUT2D eigenvalue weighted by atomic mass is 16.1. The summed E-state index contributed by atoms with van der Waals surface area (Å²) in [6, 6.07) is 14.4. The number of fused-ring (bicyclic) bond motifs is 1. The largest absolute Gasteiger partial charge is 0.326 e. The zero-order valence-corrected chi connectivity index (χ0v) is 12.3. The summed E-state index contributed by atoms with van der Waals surface area (Å²) in [5, 5.41) is 3.28. The predicted octanol–water partition coefficient (Wildman–Crippen LogP) is 2.65. The van der Waals surface area contributed by atoms with Gasteiger partial charge in [-0.1, -0.05) is 18.2 Å². The van der Waals surface area contributed by atoms with Crippen LogP contribution in [0.5, 0.6) is 0 Å². The van der Waals surface area contributed by atoms with Crippen molar-refractivity contribution in [2.45, 2.75) is 13.8 Å². The molecule has 1 amide bonds. The van der Waals surface area contributed by atoms with Crippen LogP contribution in [0, 0.1) is 6.92 Å². The maximum atomic E-state index is 12.7. The van der Waals surface area contributed by atoms with Gasteiger partial charge in [0.05, 0.1) is 16.6 Å². The van der Waals surface area contributed by atoms with E-state index in [2.05, 4.69) is 10.3 Å². The van der Waals surface area contributed by atoms with Gasteiger partial charge in [0.15, 0.2) is 0 Å². The van der Waals surface area contributed by atoms with Crippen molar-refractivity contribution < 1.29 is 4.79 Å². The first-order chi connectivity index (χ1) is 10.6. The highest BCUT2D eigenvalue weighted by Crippen LogP contribution is 2.16. The quantitative estimate of drug-likeness (QED) is 0.790. The summed E-state index contributed by atoms with van der Waals surface area (Å²) in [4.78, 5) is 28.4. The van der Waals surface area contributed by atoms with E-state index in [0.717, 1.165) is 0 Å². The highest BCUT2D eigenvalue weighted by Gasteiger charge is 2.10. The molecule has 0 saturated heterocycles. The molecule has 0 bridgehead atoms.